The van der Waals surface area contributed by atoms with Crippen LogP contribution in [0.4, 0.5) is 10.9 Å². The Morgan fingerprint density at radius 2 is 1.97 bits per heavy atom. The smallest absolute Gasteiger partial charge is 0.406 e. The van der Waals surface area contributed by atoms with E-state index in [2.05, 4.69) is 22.2 Å². The fourth-order valence-corrected chi connectivity index (χ4v) is 3.30. The molecular formula is C20H20N4O4S. The molecule has 0 aliphatic heterocycles. The lowest BCUT2D eigenvalue weighted by atomic mass is 10.1. The van der Waals surface area contributed by atoms with E-state index >= 15 is 0 Å². The summed E-state index contributed by atoms with van der Waals surface area (Å²) in [5.74, 6) is -0.932. The summed E-state index contributed by atoms with van der Waals surface area (Å²) in [6.07, 6.45) is -0.0000263. The molecular weight excluding hydrogens is 392 g/mol. The topological polar surface area (TPSA) is 107 Å². The Balaban J connectivity index is 1.67. The van der Waals surface area contributed by atoms with Crippen molar-refractivity contribution in [2.75, 3.05) is 5.32 Å². The largest absolute Gasteiger partial charge is 0.473 e. The quantitative estimate of drug-likeness (QED) is 0.455. The van der Waals surface area contributed by atoms with E-state index in [0.717, 1.165) is 17.7 Å². The first-order valence-corrected chi connectivity index (χ1v) is 9.89. The van der Waals surface area contributed by atoms with Gasteiger partial charge in [0, 0.05) is 17.9 Å². The number of hydrogen-bond donors (Lipinski definition) is 1. The molecule has 0 fully saturated rings. The van der Waals surface area contributed by atoms with Gasteiger partial charge in [0.05, 0.1) is 5.69 Å². The summed E-state index contributed by atoms with van der Waals surface area (Å²) in [6.45, 7) is 5.25. The van der Waals surface area contributed by atoms with E-state index in [1.165, 1.54) is 29.9 Å². The highest BCUT2D eigenvalue weighted by molar-refractivity contribution is 7.14. The molecule has 2 aromatic heterocycles. The van der Waals surface area contributed by atoms with E-state index in [1.807, 2.05) is 29.6 Å². The Labute approximate surface area is 171 Å². The average molecular weight is 412 g/mol. The van der Waals surface area contributed by atoms with Crippen molar-refractivity contribution < 1.29 is 14.5 Å². The first kappa shape index (κ1) is 20.4. The summed E-state index contributed by atoms with van der Waals surface area (Å²) >= 11 is 1.30. The number of aromatic nitrogens is 2. The third kappa shape index (κ3) is 4.94. The number of benzene rings is 1. The van der Waals surface area contributed by atoms with E-state index in [0.29, 0.717) is 10.8 Å². The van der Waals surface area contributed by atoms with Crippen LogP contribution in [0.5, 0.6) is 5.75 Å². The Morgan fingerprint density at radius 3 is 2.62 bits per heavy atom. The molecule has 150 valence electrons. The van der Waals surface area contributed by atoms with E-state index < -0.39 is 22.8 Å². The maximum absolute atomic E-state index is 12.4. The Kier molecular flexibility index (Phi) is 6.18. The number of thiazole rings is 1. The van der Waals surface area contributed by atoms with Crippen molar-refractivity contribution in [3.05, 3.63) is 63.1 Å². The molecule has 3 rings (SSSR count). The second-order valence-electron chi connectivity index (χ2n) is 6.37. The molecule has 0 aliphatic carbocycles. The number of aryl methyl sites for hydroxylation is 2. The van der Waals surface area contributed by atoms with Gasteiger partial charge < -0.3 is 14.9 Å². The molecule has 0 bridgehead atoms. The van der Waals surface area contributed by atoms with E-state index in [1.54, 1.807) is 13.0 Å². The number of nitro groups is 1. The molecule has 0 unspecified atom stereocenters. The molecule has 0 radical (unpaired) electrons. The van der Waals surface area contributed by atoms with Gasteiger partial charge in [-0.15, -0.1) is 11.3 Å². The lowest BCUT2D eigenvalue weighted by Crippen LogP contribution is -2.30. The van der Waals surface area contributed by atoms with Crippen molar-refractivity contribution in [2.45, 2.75) is 33.3 Å². The standard InChI is InChI=1S/C20H20N4O4S/c1-4-14-6-8-15(9-7-14)16-11-29-20(22-16)23-19(25)13(3)28-17-10-5-12(2)21-18(17)24(26)27/h5-11,13H,4H2,1-3H3,(H,22,23,25)/t13-/m0/s1. The molecule has 1 N–H and O–H groups in total. The number of hydrogen-bond acceptors (Lipinski definition) is 7. The fourth-order valence-electron chi connectivity index (χ4n) is 2.58. The minimum absolute atomic E-state index is 0.0564. The molecule has 0 aliphatic rings. The van der Waals surface area contributed by atoms with Crippen molar-refractivity contribution in [1.29, 1.82) is 0 Å². The Hall–Kier alpha value is -3.33. The highest BCUT2D eigenvalue weighted by atomic mass is 32.1. The van der Waals surface area contributed by atoms with Crippen molar-refractivity contribution >= 4 is 28.2 Å². The number of nitrogens with zero attached hydrogens (tertiary/aromatic N) is 3. The summed E-state index contributed by atoms with van der Waals surface area (Å²) in [5.41, 5.74) is 3.45. The van der Waals surface area contributed by atoms with Crippen LogP contribution < -0.4 is 10.1 Å². The summed E-state index contributed by atoms with van der Waals surface area (Å²) < 4.78 is 5.47. The third-order valence-corrected chi connectivity index (χ3v) is 4.97. The van der Waals surface area contributed by atoms with E-state index in [9.17, 15) is 14.9 Å². The Morgan fingerprint density at radius 1 is 1.24 bits per heavy atom. The predicted octanol–water partition coefficient (Wildman–Crippen LogP) is 4.39. The molecule has 1 amide bonds. The van der Waals surface area contributed by atoms with Gasteiger partial charge in [0.25, 0.3) is 5.91 Å². The van der Waals surface area contributed by atoms with Gasteiger partial charge in [-0.1, -0.05) is 31.2 Å². The minimum Gasteiger partial charge on any atom is -0.473 e. The van der Waals surface area contributed by atoms with Crippen LogP contribution >= 0.6 is 11.3 Å². The third-order valence-electron chi connectivity index (χ3n) is 4.22. The molecule has 0 spiro atoms. The van der Waals surface area contributed by atoms with Gasteiger partial charge in [-0.3, -0.25) is 10.1 Å². The monoisotopic (exact) mass is 412 g/mol. The Bertz CT molecular complexity index is 1030. The number of amides is 1. The summed E-state index contributed by atoms with van der Waals surface area (Å²) in [7, 11) is 0. The molecule has 1 aromatic carbocycles. The first-order chi connectivity index (χ1) is 13.9. The second-order valence-corrected chi connectivity index (χ2v) is 7.23. The summed E-state index contributed by atoms with van der Waals surface area (Å²) in [5, 5.41) is 16.1. The lowest BCUT2D eigenvalue weighted by Gasteiger charge is -2.13. The SMILES string of the molecule is CCc1ccc(-c2csc(NC(=O)[C@H](C)Oc3ccc(C)nc3[N+](=O)[O-])n2)cc1. The van der Waals surface area contributed by atoms with Crippen molar-refractivity contribution in [1.82, 2.24) is 9.97 Å². The number of nitrogens with one attached hydrogen (secondary N) is 1. The van der Waals surface area contributed by atoms with Crippen molar-refractivity contribution in [3.63, 3.8) is 0 Å². The van der Waals surface area contributed by atoms with Crippen LogP contribution in [0, 0.1) is 17.0 Å². The zero-order valence-electron chi connectivity index (χ0n) is 16.2. The number of carbonyl (C=O) groups is 1. The minimum atomic E-state index is -0.964. The summed E-state index contributed by atoms with van der Waals surface area (Å²) in [4.78, 5) is 31.2. The van der Waals surface area contributed by atoms with Gasteiger partial charge in [0.1, 0.15) is 5.69 Å². The molecule has 3 aromatic rings. The lowest BCUT2D eigenvalue weighted by molar-refractivity contribution is -0.390. The molecule has 1 atom stereocenters. The predicted molar refractivity (Wildman–Crippen MR) is 111 cm³/mol. The highest BCUT2D eigenvalue weighted by Gasteiger charge is 2.23. The number of carbonyl (C=O) groups excluding carboxylic acids is 1. The van der Waals surface area contributed by atoms with Crippen molar-refractivity contribution in [3.8, 4) is 17.0 Å². The molecule has 2 heterocycles. The van der Waals surface area contributed by atoms with Crippen LogP contribution in [0.3, 0.4) is 0 Å². The molecule has 29 heavy (non-hydrogen) atoms. The van der Waals surface area contributed by atoms with Crippen LogP contribution in [0.2, 0.25) is 0 Å². The van der Waals surface area contributed by atoms with Gasteiger partial charge in [-0.25, -0.2) is 4.98 Å². The maximum atomic E-state index is 12.4. The van der Waals surface area contributed by atoms with Crippen LogP contribution in [0.25, 0.3) is 11.3 Å². The van der Waals surface area contributed by atoms with Gasteiger partial charge in [-0.2, -0.15) is 0 Å². The maximum Gasteiger partial charge on any atom is 0.406 e. The zero-order valence-corrected chi connectivity index (χ0v) is 17.0. The fraction of sp³-hybridized carbons (Fsp3) is 0.250. The second kappa shape index (κ2) is 8.78. The van der Waals surface area contributed by atoms with Gasteiger partial charge in [-0.05, 0) is 40.9 Å². The molecule has 0 saturated heterocycles. The van der Waals surface area contributed by atoms with E-state index in [4.69, 9.17) is 4.74 Å². The van der Waals surface area contributed by atoms with Crippen LogP contribution in [-0.4, -0.2) is 26.9 Å². The average Bonchev–Trinajstić information content (AvgIpc) is 3.17. The van der Waals surface area contributed by atoms with Crippen LogP contribution in [0.1, 0.15) is 25.1 Å². The number of ether oxygens (including phenoxy) is 1. The number of pyridine rings is 1. The molecule has 8 nitrogen and oxygen atoms in total. The van der Waals surface area contributed by atoms with Crippen molar-refractivity contribution in [2.24, 2.45) is 0 Å². The van der Waals surface area contributed by atoms with Crippen LogP contribution in [-0.2, 0) is 11.2 Å². The van der Waals surface area contributed by atoms with Gasteiger partial charge in [0.15, 0.2) is 11.2 Å². The van der Waals surface area contributed by atoms with Gasteiger partial charge >= 0.3 is 5.82 Å². The molecule has 0 saturated carbocycles. The summed E-state index contributed by atoms with van der Waals surface area (Å²) in [6, 6.07) is 11.1. The highest BCUT2D eigenvalue weighted by Crippen LogP contribution is 2.27. The van der Waals surface area contributed by atoms with Crippen LogP contribution in [0.15, 0.2) is 41.8 Å². The zero-order chi connectivity index (χ0) is 21.0. The van der Waals surface area contributed by atoms with E-state index in [-0.39, 0.29) is 5.75 Å². The molecule has 9 heteroatoms. The number of rotatable bonds is 7. The van der Waals surface area contributed by atoms with Gasteiger partial charge in [0.2, 0.25) is 5.75 Å². The normalized spacial score (nSPS) is 11.7. The number of anilines is 1. The first-order valence-electron chi connectivity index (χ1n) is 9.01.